The largest absolute Gasteiger partial charge is 0.359 e. The molecule has 110 valence electrons. The molecule has 0 bridgehead atoms. The van der Waals surface area contributed by atoms with Crippen molar-refractivity contribution < 1.29 is 14.1 Å². The van der Waals surface area contributed by atoms with Crippen molar-refractivity contribution in [2.75, 3.05) is 13.6 Å². The molecular weight excluding hydrogens is 272 g/mol. The van der Waals surface area contributed by atoms with Crippen LogP contribution in [0, 0.1) is 0 Å². The molecule has 2 N–H and O–H groups in total. The molecule has 1 aromatic carbocycles. The summed E-state index contributed by atoms with van der Waals surface area (Å²) in [6.07, 6.45) is 0.698. The van der Waals surface area contributed by atoms with E-state index in [9.17, 15) is 9.59 Å². The molecule has 0 radical (unpaired) electrons. The van der Waals surface area contributed by atoms with Crippen LogP contribution < -0.4 is 10.6 Å². The Kier molecular flexibility index (Phi) is 5.03. The van der Waals surface area contributed by atoms with Crippen molar-refractivity contribution in [3.05, 3.63) is 47.6 Å². The lowest BCUT2D eigenvalue weighted by Crippen LogP contribution is -2.26. The van der Waals surface area contributed by atoms with Crippen LogP contribution in [0.4, 0.5) is 0 Å². The second-order valence-corrected chi connectivity index (χ2v) is 4.36. The first-order chi connectivity index (χ1) is 10.2. The molecule has 7 heteroatoms. The van der Waals surface area contributed by atoms with Gasteiger partial charge >= 0.3 is 11.8 Å². The summed E-state index contributed by atoms with van der Waals surface area (Å²) in [4.78, 5) is 26.8. The Morgan fingerprint density at radius 1 is 1.24 bits per heavy atom. The van der Waals surface area contributed by atoms with Crippen molar-refractivity contribution in [3.63, 3.8) is 0 Å². The van der Waals surface area contributed by atoms with Crippen LogP contribution in [0.5, 0.6) is 0 Å². The fraction of sp³-hybridized carbons (Fsp3) is 0.286. The van der Waals surface area contributed by atoms with Gasteiger partial charge in [-0.1, -0.05) is 35.5 Å². The van der Waals surface area contributed by atoms with Gasteiger partial charge in [-0.3, -0.25) is 9.59 Å². The number of likely N-dealkylation sites (N-methyl/N-ethyl adjacent to an activating group) is 1. The number of carbonyl (C=O) groups is 2. The number of hydrogen-bond donors (Lipinski definition) is 2. The molecule has 1 aromatic heterocycles. The molecule has 0 aliphatic rings. The lowest BCUT2D eigenvalue weighted by Gasteiger charge is -2.02. The van der Waals surface area contributed by atoms with Crippen molar-refractivity contribution in [3.8, 4) is 0 Å². The van der Waals surface area contributed by atoms with Crippen LogP contribution in [0.2, 0.25) is 0 Å². The summed E-state index contributed by atoms with van der Waals surface area (Å²) in [5.74, 6) is -0.641. The maximum Gasteiger partial charge on any atom is 0.315 e. The van der Waals surface area contributed by atoms with E-state index in [0.717, 1.165) is 5.56 Å². The zero-order valence-corrected chi connectivity index (χ0v) is 11.6. The van der Waals surface area contributed by atoms with E-state index in [1.807, 2.05) is 30.3 Å². The van der Waals surface area contributed by atoms with E-state index in [-0.39, 0.29) is 24.0 Å². The highest BCUT2D eigenvalue weighted by Gasteiger charge is 2.16. The number of amides is 2. The highest BCUT2D eigenvalue weighted by molar-refractivity contribution is 5.89. The number of benzene rings is 1. The minimum Gasteiger partial charge on any atom is -0.359 e. The number of aromatic nitrogens is 2. The van der Waals surface area contributed by atoms with Gasteiger partial charge in [-0.25, -0.2) is 0 Å². The van der Waals surface area contributed by atoms with Gasteiger partial charge in [0, 0.05) is 13.6 Å². The van der Waals surface area contributed by atoms with Gasteiger partial charge in [0.2, 0.25) is 5.91 Å². The summed E-state index contributed by atoms with van der Waals surface area (Å²) < 4.78 is 4.82. The summed E-state index contributed by atoms with van der Waals surface area (Å²) in [7, 11) is 1.51. The average Bonchev–Trinajstić information content (AvgIpc) is 2.96. The lowest BCUT2D eigenvalue weighted by atomic mass is 10.1. The molecule has 2 aromatic rings. The third-order valence-electron chi connectivity index (χ3n) is 2.80. The average molecular weight is 288 g/mol. The Bertz CT molecular complexity index is 610. The first-order valence-corrected chi connectivity index (χ1v) is 6.54. The standard InChI is InChI=1S/C14H16N4O3/c1-15-12(19)9-11-17-14(21-18-11)13(20)16-8-7-10-5-3-2-4-6-10/h2-6H,7-9H2,1H3,(H,15,19)(H,16,20). The van der Waals surface area contributed by atoms with Crippen molar-refractivity contribution in [1.82, 2.24) is 20.8 Å². The van der Waals surface area contributed by atoms with Crippen LogP contribution in [0.3, 0.4) is 0 Å². The summed E-state index contributed by atoms with van der Waals surface area (Å²) in [5, 5.41) is 8.72. The van der Waals surface area contributed by atoms with Gasteiger partial charge in [-0.2, -0.15) is 4.98 Å². The highest BCUT2D eigenvalue weighted by Crippen LogP contribution is 2.00. The summed E-state index contributed by atoms with van der Waals surface area (Å²) >= 11 is 0. The van der Waals surface area contributed by atoms with E-state index in [1.54, 1.807) is 0 Å². The topological polar surface area (TPSA) is 97.1 Å². The number of carbonyl (C=O) groups excluding carboxylic acids is 2. The molecule has 0 spiro atoms. The molecule has 0 unspecified atom stereocenters. The molecule has 0 aliphatic carbocycles. The Labute approximate surface area is 121 Å². The van der Waals surface area contributed by atoms with Gasteiger partial charge < -0.3 is 15.2 Å². The monoisotopic (exact) mass is 288 g/mol. The first-order valence-electron chi connectivity index (χ1n) is 6.54. The van der Waals surface area contributed by atoms with Gasteiger partial charge in [0.1, 0.15) is 0 Å². The normalized spacial score (nSPS) is 10.1. The van der Waals surface area contributed by atoms with Crippen LogP contribution in [0.15, 0.2) is 34.9 Å². The Morgan fingerprint density at radius 2 is 2.00 bits per heavy atom. The molecule has 0 atom stereocenters. The molecule has 1 heterocycles. The first kappa shape index (κ1) is 14.7. The van der Waals surface area contributed by atoms with Gasteiger partial charge in [0.15, 0.2) is 5.82 Å². The molecule has 0 fully saturated rings. The summed E-state index contributed by atoms with van der Waals surface area (Å²) in [5.41, 5.74) is 1.13. The van der Waals surface area contributed by atoms with Crippen LogP contribution in [0.25, 0.3) is 0 Å². The molecule has 0 saturated heterocycles. The SMILES string of the molecule is CNC(=O)Cc1noc(C(=O)NCCc2ccccc2)n1. The van der Waals surface area contributed by atoms with E-state index >= 15 is 0 Å². The van der Waals surface area contributed by atoms with Crippen molar-refractivity contribution in [2.24, 2.45) is 0 Å². The Balaban J connectivity index is 1.82. The molecule has 0 aliphatic heterocycles. The van der Waals surface area contributed by atoms with E-state index < -0.39 is 5.91 Å². The zero-order valence-electron chi connectivity index (χ0n) is 11.6. The highest BCUT2D eigenvalue weighted by atomic mass is 16.5. The number of nitrogens with zero attached hydrogens (tertiary/aromatic N) is 2. The van der Waals surface area contributed by atoms with Gasteiger partial charge in [-0.05, 0) is 12.0 Å². The van der Waals surface area contributed by atoms with Crippen molar-refractivity contribution in [1.29, 1.82) is 0 Å². The summed E-state index contributed by atoms with van der Waals surface area (Å²) in [6.45, 7) is 0.468. The number of nitrogens with one attached hydrogen (secondary N) is 2. The van der Waals surface area contributed by atoms with Crippen LogP contribution in [0.1, 0.15) is 22.1 Å². The van der Waals surface area contributed by atoms with E-state index in [4.69, 9.17) is 4.52 Å². The van der Waals surface area contributed by atoms with Crippen LogP contribution in [-0.2, 0) is 17.6 Å². The second-order valence-electron chi connectivity index (χ2n) is 4.36. The minimum atomic E-state index is -0.443. The third-order valence-corrected chi connectivity index (χ3v) is 2.80. The van der Waals surface area contributed by atoms with Gasteiger partial charge in [-0.15, -0.1) is 0 Å². The van der Waals surface area contributed by atoms with Crippen molar-refractivity contribution in [2.45, 2.75) is 12.8 Å². The molecule has 7 nitrogen and oxygen atoms in total. The fourth-order valence-corrected chi connectivity index (χ4v) is 1.69. The number of rotatable bonds is 6. The Hall–Kier alpha value is -2.70. The zero-order chi connectivity index (χ0) is 15.1. The lowest BCUT2D eigenvalue weighted by molar-refractivity contribution is -0.120. The van der Waals surface area contributed by atoms with E-state index in [1.165, 1.54) is 7.05 Å². The molecule has 2 rings (SSSR count). The van der Waals surface area contributed by atoms with Crippen LogP contribution >= 0.6 is 0 Å². The maximum atomic E-state index is 11.8. The quantitative estimate of drug-likeness (QED) is 0.798. The van der Waals surface area contributed by atoms with Crippen LogP contribution in [-0.4, -0.2) is 35.5 Å². The van der Waals surface area contributed by atoms with Gasteiger partial charge in [0.05, 0.1) is 6.42 Å². The molecule has 0 saturated carbocycles. The van der Waals surface area contributed by atoms with Gasteiger partial charge in [0.25, 0.3) is 0 Å². The smallest absolute Gasteiger partial charge is 0.315 e. The maximum absolute atomic E-state index is 11.8. The minimum absolute atomic E-state index is 0.0166. The Morgan fingerprint density at radius 3 is 2.71 bits per heavy atom. The van der Waals surface area contributed by atoms with Crippen molar-refractivity contribution >= 4 is 11.8 Å². The predicted molar refractivity (Wildman–Crippen MR) is 74.5 cm³/mol. The summed E-state index contributed by atoms with van der Waals surface area (Å²) in [6, 6.07) is 9.80. The predicted octanol–water partition coefficient (Wildman–Crippen LogP) is 0.331. The molecular formula is C14H16N4O3. The number of hydrogen-bond acceptors (Lipinski definition) is 5. The molecule has 21 heavy (non-hydrogen) atoms. The molecule has 2 amide bonds. The fourth-order valence-electron chi connectivity index (χ4n) is 1.69. The second kappa shape index (κ2) is 7.18. The van der Waals surface area contributed by atoms with E-state index in [0.29, 0.717) is 13.0 Å². The van der Waals surface area contributed by atoms with E-state index in [2.05, 4.69) is 20.8 Å². The third kappa shape index (κ3) is 4.41.